The van der Waals surface area contributed by atoms with E-state index in [1.54, 1.807) is 0 Å². The zero-order valence-electron chi connectivity index (χ0n) is 5.78. The fourth-order valence-electron chi connectivity index (χ4n) is 1.28. The Morgan fingerprint density at radius 2 is 2.25 bits per heavy atom. The van der Waals surface area contributed by atoms with Crippen molar-refractivity contribution in [3.8, 4) is 0 Å². The van der Waals surface area contributed by atoms with Crippen molar-refractivity contribution in [2.45, 2.75) is 32.7 Å². The maximum absolute atomic E-state index is 3.46. The van der Waals surface area contributed by atoms with Crippen LogP contribution in [0.3, 0.4) is 0 Å². The molecule has 0 aromatic rings. The van der Waals surface area contributed by atoms with Crippen LogP contribution in [-0.4, -0.2) is 12.6 Å². The molecular formula is C7H15N. The van der Waals surface area contributed by atoms with E-state index in [-0.39, 0.29) is 0 Å². The van der Waals surface area contributed by atoms with Gasteiger partial charge in [0.25, 0.3) is 0 Å². The highest BCUT2D eigenvalue weighted by Gasteiger charge is 2.16. The van der Waals surface area contributed by atoms with Crippen molar-refractivity contribution < 1.29 is 0 Å². The Hall–Kier alpha value is -0.0400. The summed E-state index contributed by atoms with van der Waals surface area (Å²) in [6.07, 6.45) is 2.76. The highest BCUT2D eigenvalue weighted by Crippen LogP contribution is 2.12. The molecule has 0 spiro atoms. The van der Waals surface area contributed by atoms with E-state index in [2.05, 4.69) is 19.2 Å². The maximum Gasteiger partial charge on any atom is 0.00905 e. The lowest BCUT2D eigenvalue weighted by Gasteiger charge is -2.12. The number of hydrogen-bond acceptors (Lipinski definition) is 1. The first-order valence-electron chi connectivity index (χ1n) is 3.54. The highest BCUT2D eigenvalue weighted by atomic mass is 14.9. The number of hydrogen-bond donors (Lipinski definition) is 1. The third-order valence-electron chi connectivity index (χ3n) is 1.90. The molecule has 8 heavy (non-hydrogen) atoms. The fourth-order valence-corrected chi connectivity index (χ4v) is 1.28. The van der Waals surface area contributed by atoms with Crippen molar-refractivity contribution in [1.29, 1.82) is 0 Å². The predicted molar refractivity (Wildman–Crippen MR) is 35.9 cm³/mol. The molecule has 1 heteroatoms. The molecule has 48 valence electrons. The van der Waals surface area contributed by atoms with Gasteiger partial charge in [0.15, 0.2) is 0 Å². The highest BCUT2D eigenvalue weighted by molar-refractivity contribution is 4.76. The molecule has 0 unspecified atom stereocenters. The second-order valence-electron chi connectivity index (χ2n) is 2.95. The molecule has 1 aliphatic heterocycles. The van der Waals surface area contributed by atoms with Crippen LogP contribution in [0.1, 0.15) is 26.7 Å². The predicted octanol–water partition coefficient (Wildman–Crippen LogP) is 1.39. The van der Waals surface area contributed by atoms with E-state index in [9.17, 15) is 0 Å². The van der Waals surface area contributed by atoms with E-state index < -0.39 is 0 Å². The summed E-state index contributed by atoms with van der Waals surface area (Å²) in [5.41, 5.74) is 0. The molecule has 1 heterocycles. The van der Waals surface area contributed by atoms with E-state index in [0.717, 1.165) is 12.0 Å². The molecule has 1 nitrogen and oxygen atoms in total. The van der Waals surface area contributed by atoms with Crippen molar-refractivity contribution in [1.82, 2.24) is 5.32 Å². The molecule has 0 radical (unpaired) electrons. The van der Waals surface area contributed by atoms with Crippen LogP contribution in [0.15, 0.2) is 0 Å². The zero-order valence-corrected chi connectivity index (χ0v) is 5.78. The lowest BCUT2D eigenvalue weighted by atomic mass is 10.0. The van der Waals surface area contributed by atoms with Crippen LogP contribution < -0.4 is 5.32 Å². The summed E-state index contributed by atoms with van der Waals surface area (Å²) in [5.74, 6) is 0.831. The molecule has 1 fully saturated rings. The Labute approximate surface area is 51.5 Å². The molecule has 1 rings (SSSR count). The van der Waals surface area contributed by atoms with Gasteiger partial charge in [-0.15, -0.1) is 0 Å². The average Bonchev–Trinajstić information content (AvgIpc) is 2.12. The second kappa shape index (κ2) is 2.49. The Morgan fingerprint density at radius 1 is 1.50 bits per heavy atom. The van der Waals surface area contributed by atoms with Gasteiger partial charge in [-0.1, -0.05) is 13.8 Å². The van der Waals surface area contributed by atoms with Crippen molar-refractivity contribution in [2.24, 2.45) is 5.92 Å². The molecule has 1 saturated heterocycles. The minimum atomic E-state index is 0.815. The minimum absolute atomic E-state index is 0.815. The summed E-state index contributed by atoms with van der Waals surface area (Å²) >= 11 is 0. The van der Waals surface area contributed by atoms with Gasteiger partial charge < -0.3 is 5.32 Å². The van der Waals surface area contributed by atoms with Crippen molar-refractivity contribution in [3.05, 3.63) is 0 Å². The average molecular weight is 113 g/mol. The summed E-state index contributed by atoms with van der Waals surface area (Å²) < 4.78 is 0. The Bertz CT molecular complexity index is 62.8. The van der Waals surface area contributed by atoms with E-state index in [1.165, 1.54) is 19.4 Å². The van der Waals surface area contributed by atoms with Crippen LogP contribution in [0.2, 0.25) is 0 Å². The maximum atomic E-state index is 3.46. The fraction of sp³-hybridized carbons (Fsp3) is 1.00. The first-order valence-corrected chi connectivity index (χ1v) is 3.54. The monoisotopic (exact) mass is 113 g/mol. The van der Waals surface area contributed by atoms with Crippen LogP contribution in [-0.2, 0) is 0 Å². The summed E-state index contributed by atoms with van der Waals surface area (Å²) in [6.45, 7) is 5.80. The summed E-state index contributed by atoms with van der Waals surface area (Å²) in [7, 11) is 0. The molecule has 0 aromatic heterocycles. The molecule has 1 atom stereocenters. The van der Waals surface area contributed by atoms with Gasteiger partial charge in [-0.25, -0.2) is 0 Å². The van der Waals surface area contributed by atoms with Crippen LogP contribution >= 0.6 is 0 Å². The summed E-state index contributed by atoms with van der Waals surface area (Å²) in [6, 6.07) is 0.815. The Morgan fingerprint density at radius 3 is 2.50 bits per heavy atom. The molecule has 0 aromatic carbocycles. The van der Waals surface area contributed by atoms with Gasteiger partial charge in [0.1, 0.15) is 0 Å². The molecule has 0 aliphatic carbocycles. The van der Waals surface area contributed by atoms with Gasteiger partial charge in [-0.3, -0.25) is 0 Å². The molecule has 1 N–H and O–H groups in total. The largest absolute Gasteiger partial charge is 0.314 e. The van der Waals surface area contributed by atoms with Gasteiger partial charge in [-0.05, 0) is 25.3 Å². The second-order valence-corrected chi connectivity index (χ2v) is 2.95. The first kappa shape index (κ1) is 6.09. The van der Waals surface area contributed by atoms with Crippen LogP contribution in [0, 0.1) is 5.92 Å². The topological polar surface area (TPSA) is 12.0 Å². The Balaban J connectivity index is 2.24. The van der Waals surface area contributed by atoms with Gasteiger partial charge in [0.2, 0.25) is 0 Å². The molecule has 0 bridgehead atoms. The molecule has 1 aliphatic rings. The van der Waals surface area contributed by atoms with Crippen LogP contribution in [0.4, 0.5) is 0 Å². The standard InChI is InChI=1S/C7H15N/c1-6(2)7-4-3-5-8-7/h6-8H,3-5H2,1-2H3/t7-/m0/s1. The van der Waals surface area contributed by atoms with E-state index in [0.29, 0.717) is 0 Å². The normalized spacial score (nSPS) is 29.6. The van der Waals surface area contributed by atoms with Gasteiger partial charge in [-0.2, -0.15) is 0 Å². The third kappa shape index (κ3) is 1.22. The lowest BCUT2D eigenvalue weighted by Crippen LogP contribution is -2.26. The molecule has 0 amide bonds. The van der Waals surface area contributed by atoms with E-state index in [4.69, 9.17) is 0 Å². The van der Waals surface area contributed by atoms with Crippen molar-refractivity contribution >= 4 is 0 Å². The number of rotatable bonds is 1. The van der Waals surface area contributed by atoms with Gasteiger partial charge in [0.05, 0.1) is 0 Å². The Kier molecular flexibility index (Phi) is 1.90. The lowest BCUT2D eigenvalue weighted by molar-refractivity contribution is 0.452. The van der Waals surface area contributed by atoms with Crippen molar-refractivity contribution in [3.63, 3.8) is 0 Å². The van der Waals surface area contributed by atoms with Crippen molar-refractivity contribution in [2.75, 3.05) is 6.54 Å². The zero-order chi connectivity index (χ0) is 5.98. The van der Waals surface area contributed by atoms with E-state index >= 15 is 0 Å². The molecular weight excluding hydrogens is 98.1 g/mol. The quantitative estimate of drug-likeness (QED) is 0.542. The van der Waals surface area contributed by atoms with Crippen LogP contribution in [0.5, 0.6) is 0 Å². The van der Waals surface area contributed by atoms with Gasteiger partial charge in [0, 0.05) is 6.04 Å². The minimum Gasteiger partial charge on any atom is -0.314 e. The van der Waals surface area contributed by atoms with Gasteiger partial charge >= 0.3 is 0 Å². The SMILES string of the molecule is CC(C)[C@@H]1CCCN1. The third-order valence-corrected chi connectivity index (χ3v) is 1.90. The first-order chi connectivity index (χ1) is 3.80. The van der Waals surface area contributed by atoms with Crippen LogP contribution in [0.25, 0.3) is 0 Å². The van der Waals surface area contributed by atoms with E-state index in [1.807, 2.05) is 0 Å². The molecule has 0 saturated carbocycles. The summed E-state index contributed by atoms with van der Waals surface area (Å²) in [4.78, 5) is 0. The number of nitrogens with one attached hydrogen (secondary N) is 1. The smallest absolute Gasteiger partial charge is 0.00905 e. The summed E-state index contributed by atoms with van der Waals surface area (Å²) in [5, 5.41) is 3.46.